The Hall–Kier alpha value is -2.95. The average molecular weight is 349 g/mol. The molecule has 0 saturated heterocycles. The van der Waals surface area contributed by atoms with Gasteiger partial charge in [0.25, 0.3) is 0 Å². The third-order valence-electron chi connectivity index (χ3n) is 4.59. The number of nitrogens with zero attached hydrogens (tertiary/aromatic N) is 2. The quantitative estimate of drug-likeness (QED) is 0.804. The molecule has 1 aliphatic heterocycles. The molecule has 0 radical (unpaired) electrons. The largest absolute Gasteiger partial charge is 0.550 e. The van der Waals surface area contributed by atoms with Crippen molar-refractivity contribution in [3.05, 3.63) is 71.3 Å². The Morgan fingerprint density at radius 1 is 1.08 bits per heavy atom. The van der Waals surface area contributed by atoms with Gasteiger partial charge < -0.3 is 9.90 Å². The van der Waals surface area contributed by atoms with Crippen molar-refractivity contribution in [3.8, 4) is 0 Å². The lowest BCUT2D eigenvalue weighted by molar-refractivity contribution is -0.305. The first kappa shape index (κ1) is 17.9. The highest BCUT2D eigenvalue weighted by Gasteiger charge is 2.32. The Kier molecular flexibility index (Phi) is 5.46. The zero-order chi connectivity index (χ0) is 18.5. The average Bonchev–Trinajstić information content (AvgIpc) is 3.12. The first-order valence-corrected chi connectivity index (χ1v) is 8.82. The van der Waals surface area contributed by atoms with Crippen molar-refractivity contribution in [1.29, 1.82) is 0 Å². The number of hydrogen-bond acceptors (Lipinski definition) is 4. The fraction of sp³-hybridized carbons (Fsp3) is 0.286. The van der Waals surface area contributed by atoms with Crippen LogP contribution in [-0.4, -0.2) is 22.6 Å². The van der Waals surface area contributed by atoms with E-state index >= 15 is 0 Å². The van der Waals surface area contributed by atoms with Crippen LogP contribution in [0.1, 0.15) is 48.9 Å². The summed E-state index contributed by atoms with van der Waals surface area (Å²) in [6.07, 6.45) is 1.14. The van der Waals surface area contributed by atoms with Crippen LogP contribution in [0.25, 0.3) is 0 Å². The lowest BCUT2D eigenvalue weighted by Crippen LogP contribution is -2.29. The zero-order valence-corrected chi connectivity index (χ0v) is 14.7. The summed E-state index contributed by atoms with van der Waals surface area (Å²) in [5, 5.41) is 16.7. The van der Waals surface area contributed by atoms with E-state index in [1.54, 1.807) is 0 Å². The first-order valence-electron chi connectivity index (χ1n) is 8.82. The Balaban J connectivity index is 1.88. The molecule has 1 amide bonds. The summed E-state index contributed by atoms with van der Waals surface area (Å²) < 4.78 is 0. The predicted molar refractivity (Wildman–Crippen MR) is 97.2 cm³/mol. The molecule has 0 N–H and O–H groups in total. The summed E-state index contributed by atoms with van der Waals surface area (Å²) in [5.41, 5.74) is 4.03. The molecule has 0 fully saturated rings. The number of carbonyl (C=O) groups excluding carboxylic acids is 2. The second kappa shape index (κ2) is 7.95. The number of carboxylic acid groups (broad SMARTS) is 1. The third kappa shape index (κ3) is 3.99. The first-order chi connectivity index (χ1) is 12.6. The van der Waals surface area contributed by atoms with E-state index < -0.39 is 5.97 Å². The van der Waals surface area contributed by atoms with Crippen LogP contribution in [0.5, 0.6) is 0 Å². The topological polar surface area (TPSA) is 72.8 Å². The van der Waals surface area contributed by atoms with Crippen LogP contribution in [0.2, 0.25) is 0 Å². The highest BCUT2D eigenvalue weighted by molar-refractivity contribution is 6.03. The second-order valence-corrected chi connectivity index (χ2v) is 6.34. The van der Waals surface area contributed by atoms with Crippen molar-refractivity contribution in [3.63, 3.8) is 0 Å². The van der Waals surface area contributed by atoms with E-state index in [2.05, 4.69) is 24.2 Å². The number of carbonyl (C=O) groups is 2. The SMILES string of the molecule is CCc1ccc([C@@H]2CC(c3ccccc3)=NN2C(=O)CCC(=O)[O-])cc1. The molecule has 0 bridgehead atoms. The van der Waals surface area contributed by atoms with Gasteiger partial charge in [-0.25, -0.2) is 5.01 Å². The molecule has 5 heteroatoms. The van der Waals surface area contributed by atoms with E-state index in [1.165, 1.54) is 10.6 Å². The van der Waals surface area contributed by atoms with Crippen LogP contribution in [-0.2, 0) is 16.0 Å². The van der Waals surface area contributed by atoms with Gasteiger partial charge in [-0.05, 0) is 29.5 Å². The zero-order valence-electron chi connectivity index (χ0n) is 14.7. The number of rotatable bonds is 6. The van der Waals surface area contributed by atoms with Gasteiger partial charge in [-0.3, -0.25) is 4.79 Å². The van der Waals surface area contributed by atoms with Crippen molar-refractivity contribution >= 4 is 17.6 Å². The van der Waals surface area contributed by atoms with Gasteiger partial charge >= 0.3 is 0 Å². The summed E-state index contributed by atoms with van der Waals surface area (Å²) in [7, 11) is 0. The Morgan fingerprint density at radius 2 is 1.77 bits per heavy atom. The maximum absolute atomic E-state index is 12.6. The minimum atomic E-state index is -1.23. The summed E-state index contributed by atoms with van der Waals surface area (Å²) in [6, 6.07) is 17.7. The number of aryl methyl sites for hydroxylation is 1. The molecule has 0 aromatic heterocycles. The van der Waals surface area contributed by atoms with Gasteiger partial charge in [-0.15, -0.1) is 0 Å². The van der Waals surface area contributed by atoms with Gasteiger partial charge in [0.15, 0.2) is 0 Å². The Morgan fingerprint density at radius 3 is 2.38 bits per heavy atom. The summed E-state index contributed by atoms with van der Waals surface area (Å²) in [4.78, 5) is 23.3. The van der Waals surface area contributed by atoms with E-state index in [-0.39, 0.29) is 24.8 Å². The van der Waals surface area contributed by atoms with Crippen LogP contribution in [0.15, 0.2) is 59.7 Å². The van der Waals surface area contributed by atoms with Gasteiger partial charge in [0.1, 0.15) is 0 Å². The minimum Gasteiger partial charge on any atom is -0.550 e. The Bertz CT molecular complexity index is 813. The standard InChI is InChI=1S/C21H22N2O3/c1-2-15-8-10-17(11-9-15)19-14-18(16-6-4-3-5-7-16)22-23(19)20(24)12-13-21(25)26/h3-11,19H,2,12-14H2,1H3,(H,25,26)/p-1/t19-/m0/s1. The molecule has 0 saturated carbocycles. The molecule has 1 atom stereocenters. The van der Waals surface area contributed by atoms with Gasteiger partial charge in [0, 0.05) is 18.8 Å². The van der Waals surface area contributed by atoms with E-state index in [9.17, 15) is 14.7 Å². The van der Waals surface area contributed by atoms with E-state index in [4.69, 9.17) is 0 Å². The molecule has 0 aliphatic carbocycles. The van der Waals surface area contributed by atoms with Gasteiger partial charge in [0.2, 0.25) is 5.91 Å². The number of hydrazone groups is 1. The lowest BCUT2D eigenvalue weighted by atomic mass is 9.97. The smallest absolute Gasteiger partial charge is 0.243 e. The molecule has 2 aromatic rings. The van der Waals surface area contributed by atoms with Crippen molar-refractivity contribution in [1.82, 2.24) is 5.01 Å². The fourth-order valence-corrected chi connectivity index (χ4v) is 3.10. The molecular weight excluding hydrogens is 328 g/mol. The van der Waals surface area contributed by atoms with Crippen LogP contribution < -0.4 is 5.11 Å². The normalized spacial score (nSPS) is 16.4. The van der Waals surface area contributed by atoms with Crippen LogP contribution in [0.4, 0.5) is 0 Å². The van der Waals surface area contributed by atoms with Gasteiger partial charge in [0.05, 0.1) is 11.8 Å². The van der Waals surface area contributed by atoms with Crippen molar-refractivity contribution in [2.45, 2.75) is 38.6 Å². The molecule has 3 rings (SSSR count). The summed E-state index contributed by atoms with van der Waals surface area (Å²) >= 11 is 0. The summed E-state index contributed by atoms with van der Waals surface area (Å²) in [6.45, 7) is 2.09. The van der Waals surface area contributed by atoms with Gasteiger partial charge in [-0.1, -0.05) is 61.5 Å². The molecule has 1 heterocycles. The van der Waals surface area contributed by atoms with E-state index in [0.29, 0.717) is 6.42 Å². The van der Waals surface area contributed by atoms with Crippen molar-refractivity contribution < 1.29 is 14.7 Å². The molecule has 0 unspecified atom stereocenters. The monoisotopic (exact) mass is 349 g/mol. The molecule has 1 aliphatic rings. The molecular formula is C21H21N2O3-. The third-order valence-corrected chi connectivity index (χ3v) is 4.59. The maximum Gasteiger partial charge on any atom is 0.243 e. The van der Waals surface area contributed by atoms with Crippen LogP contribution in [0.3, 0.4) is 0 Å². The number of hydrogen-bond donors (Lipinski definition) is 0. The number of carboxylic acids is 1. The molecule has 5 nitrogen and oxygen atoms in total. The minimum absolute atomic E-state index is 0.114. The van der Waals surface area contributed by atoms with Crippen molar-refractivity contribution in [2.75, 3.05) is 0 Å². The fourth-order valence-electron chi connectivity index (χ4n) is 3.10. The summed E-state index contributed by atoms with van der Waals surface area (Å²) in [5.74, 6) is -1.53. The molecule has 26 heavy (non-hydrogen) atoms. The number of benzene rings is 2. The lowest BCUT2D eigenvalue weighted by Gasteiger charge is -2.22. The Labute approximate surface area is 153 Å². The molecule has 0 spiro atoms. The van der Waals surface area contributed by atoms with E-state index in [0.717, 1.165) is 23.3 Å². The molecule has 2 aromatic carbocycles. The predicted octanol–water partition coefficient (Wildman–Crippen LogP) is 2.46. The van der Waals surface area contributed by atoms with Crippen LogP contribution >= 0.6 is 0 Å². The number of aliphatic carboxylic acids is 1. The highest BCUT2D eigenvalue weighted by atomic mass is 16.4. The highest BCUT2D eigenvalue weighted by Crippen LogP contribution is 2.33. The van der Waals surface area contributed by atoms with Crippen molar-refractivity contribution in [2.24, 2.45) is 5.10 Å². The van der Waals surface area contributed by atoms with Gasteiger partial charge in [-0.2, -0.15) is 5.10 Å². The molecule has 134 valence electrons. The second-order valence-electron chi connectivity index (χ2n) is 6.34. The maximum atomic E-state index is 12.6. The van der Waals surface area contributed by atoms with Crippen LogP contribution in [0, 0.1) is 0 Å². The number of amides is 1. The van der Waals surface area contributed by atoms with E-state index in [1.807, 2.05) is 42.5 Å².